The summed E-state index contributed by atoms with van der Waals surface area (Å²) < 4.78 is 5.83. The van der Waals surface area contributed by atoms with Crippen LogP contribution in [0.5, 0.6) is 5.75 Å². The SMILES string of the molecule is CCCCCCCNCCNc1ccccc1OCCCC. The number of anilines is 1. The molecule has 0 atom stereocenters. The largest absolute Gasteiger partial charge is 0.491 e. The predicted octanol–water partition coefficient (Wildman–Crippen LogP) is 4.84. The van der Waals surface area contributed by atoms with Crippen LogP contribution in [0.4, 0.5) is 5.69 Å². The molecule has 2 N–H and O–H groups in total. The number of ether oxygens (including phenoxy) is 1. The van der Waals surface area contributed by atoms with Gasteiger partial charge < -0.3 is 15.4 Å². The van der Waals surface area contributed by atoms with E-state index >= 15 is 0 Å². The number of hydrogen-bond donors (Lipinski definition) is 2. The summed E-state index contributed by atoms with van der Waals surface area (Å²) in [7, 11) is 0. The van der Waals surface area contributed by atoms with E-state index in [4.69, 9.17) is 4.74 Å². The molecule has 0 bridgehead atoms. The molecule has 0 aliphatic heterocycles. The van der Waals surface area contributed by atoms with E-state index in [1.54, 1.807) is 0 Å². The standard InChI is InChI=1S/C19H34N2O/c1-3-5-7-8-11-14-20-15-16-21-18-12-9-10-13-19(18)22-17-6-4-2/h9-10,12-13,20-21H,3-8,11,14-17H2,1-2H3. The first-order chi connectivity index (χ1) is 10.9. The highest BCUT2D eigenvalue weighted by Crippen LogP contribution is 2.23. The summed E-state index contributed by atoms with van der Waals surface area (Å²) in [4.78, 5) is 0. The maximum Gasteiger partial charge on any atom is 0.142 e. The number of para-hydroxylation sites is 2. The average molecular weight is 306 g/mol. The van der Waals surface area contributed by atoms with Crippen LogP contribution in [-0.2, 0) is 0 Å². The molecule has 0 saturated carbocycles. The Morgan fingerprint density at radius 1 is 0.818 bits per heavy atom. The van der Waals surface area contributed by atoms with E-state index in [-0.39, 0.29) is 0 Å². The first-order valence-corrected chi connectivity index (χ1v) is 9.05. The molecular weight excluding hydrogens is 272 g/mol. The molecule has 0 fully saturated rings. The number of nitrogens with one attached hydrogen (secondary N) is 2. The first-order valence-electron chi connectivity index (χ1n) is 9.05. The first kappa shape index (κ1) is 18.8. The fraction of sp³-hybridized carbons (Fsp3) is 0.684. The van der Waals surface area contributed by atoms with E-state index < -0.39 is 0 Å². The third-order valence-electron chi connectivity index (χ3n) is 3.72. The second-order valence-electron chi connectivity index (χ2n) is 5.79. The minimum atomic E-state index is 0.797. The van der Waals surface area contributed by atoms with Crippen LogP contribution in [-0.4, -0.2) is 26.2 Å². The number of hydrogen-bond acceptors (Lipinski definition) is 3. The van der Waals surface area contributed by atoms with Crippen LogP contribution in [0.1, 0.15) is 58.8 Å². The van der Waals surface area contributed by atoms with Gasteiger partial charge in [-0.1, -0.05) is 58.1 Å². The van der Waals surface area contributed by atoms with Crippen LogP contribution in [0.2, 0.25) is 0 Å². The van der Waals surface area contributed by atoms with E-state index in [1.807, 2.05) is 12.1 Å². The zero-order valence-corrected chi connectivity index (χ0v) is 14.5. The van der Waals surface area contributed by atoms with Crippen molar-refractivity contribution in [3.05, 3.63) is 24.3 Å². The van der Waals surface area contributed by atoms with E-state index in [9.17, 15) is 0 Å². The molecule has 0 unspecified atom stereocenters. The Labute approximate surface area is 136 Å². The Hall–Kier alpha value is -1.22. The highest BCUT2D eigenvalue weighted by molar-refractivity contribution is 5.56. The van der Waals surface area contributed by atoms with Crippen LogP contribution >= 0.6 is 0 Å². The molecule has 1 rings (SSSR count). The van der Waals surface area contributed by atoms with Crippen molar-refractivity contribution < 1.29 is 4.74 Å². The molecular formula is C19H34N2O. The number of unbranched alkanes of at least 4 members (excludes halogenated alkanes) is 5. The van der Waals surface area contributed by atoms with Crippen LogP contribution < -0.4 is 15.4 Å². The monoisotopic (exact) mass is 306 g/mol. The molecule has 22 heavy (non-hydrogen) atoms. The summed E-state index contributed by atoms with van der Waals surface area (Å²) in [5.74, 6) is 0.968. The number of benzene rings is 1. The van der Waals surface area contributed by atoms with Crippen LogP contribution in [0.15, 0.2) is 24.3 Å². The summed E-state index contributed by atoms with van der Waals surface area (Å²) in [6.45, 7) is 8.29. The molecule has 1 aromatic carbocycles. The van der Waals surface area contributed by atoms with Gasteiger partial charge in [0.25, 0.3) is 0 Å². The van der Waals surface area contributed by atoms with Crippen molar-refractivity contribution in [3.63, 3.8) is 0 Å². The van der Waals surface area contributed by atoms with Crippen molar-refractivity contribution in [1.29, 1.82) is 0 Å². The normalized spacial score (nSPS) is 10.6. The Morgan fingerprint density at radius 2 is 1.59 bits per heavy atom. The maximum absolute atomic E-state index is 5.83. The van der Waals surface area contributed by atoms with Crippen molar-refractivity contribution >= 4 is 5.69 Å². The second kappa shape index (κ2) is 13.4. The van der Waals surface area contributed by atoms with Gasteiger partial charge in [-0.2, -0.15) is 0 Å². The van der Waals surface area contributed by atoms with Crippen molar-refractivity contribution in [2.75, 3.05) is 31.6 Å². The van der Waals surface area contributed by atoms with Gasteiger partial charge in [-0.25, -0.2) is 0 Å². The second-order valence-corrected chi connectivity index (χ2v) is 5.79. The van der Waals surface area contributed by atoms with Gasteiger partial charge in [-0.15, -0.1) is 0 Å². The van der Waals surface area contributed by atoms with Gasteiger partial charge in [0.05, 0.1) is 12.3 Å². The summed E-state index contributed by atoms with van der Waals surface area (Å²) in [6.07, 6.45) is 8.97. The van der Waals surface area contributed by atoms with Gasteiger partial charge >= 0.3 is 0 Å². The van der Waals surface area contributed by atoms with Gasteiger partial charge in [0.1, 0.15) is 5.75 Å². The van der Waals surface area contributed by atoms with E-state index in [0.717, 1.165) is 50.5 Å². The quantitative estimate of drug-likeness (QED) is 0.483. The summed E-state index contributed by atoms with van der Waals surface area (Å²) in [6, 6.07) is 8.21. The fourth-order valence-corrected chi connectivity index (χ4v) is 2.33. The van der Waals surface area contributed by atoms with Gasteiger partial charge in [0.15, 0.2) is 0 Å². The molecule has 3 nitrogen and oxygen atoms in total. The molecule has 3 heteroatoms. The van der Waals surface area contributed by atoms with Gasteiger partial charge in [-0.3, -0.25) is 0 Å². The number of rotatable bonds is 14. The zero-order valence-electron chi connectivity index (χ0n) is 14.5. The van der Waals surface area contributed by atoms with Crippen LogP contribution in [0.25, 0.3) is 0 Å². The lowest BCUT2D eigenvalue weighted by Gasteiger charge is -2.13. The summed E-state index contributed by atoms with van der Waals surface area (Å²) in [5.41, 5.74) is 1.10. The Morgan fingerprint density at radius 3 is 2.41 bits per heavy atom. The fourth-order valence-electron chi connectivity index (χ4n) is 2.33. The van der Waals surface area contributed by atoms with Crippen molar-refractivity contribution in [3.8, 4) is 5.75 Å². The van der Waals surface area contributed by atoms with E-state index in [2.05, 4.69) is 36.6 Å². The van der Waals surface area contributed by atoms with Crippen molar-refractivity contribution in [1.82, 2.24) is 5.32 Å². The molecule has 0 saturated heterocycles. The Kier molecular flexibility index (Phi) is 11.5. The average Bonchev–Trinajstić information content (AvgIpc) is 2.55. The van der Waals surface area contributed by atoms with Crippen LogP contribution in [0.3, 0.4) is 0 Å². The molecule has 0 amide bonds. The molecule has 0 heterocycles. The van der Waals surface area contributed by atoms with Crippen molar-refractivity contribution in [2.45, 2.75) is 58.8 Å². The highest BCUT2D eigenvalue weighted by Gasteiger charge is 2.01. The van der Waals surface area contributed by atoms with Gasteiger partial charge in [0.2, 0.25) is 0 Å². The molecule has 1 aromatic rings. The molecule has 126 valence electrons. The Bertz CT molecular complexity index is 368. The van der Waals surface area contributed by atoms with Gasteiger partial charge in [-0.05, 0) is 31.5 Å². The third-order valence-corrected chi connectivity index (χ3v) is 3.72. The lowest BCUT2D eigenvalue weighted by molar-refractivity contribution is 0.310. The highest BCUT2D eigenvalue weighted by atomic mass is 16.5. The lowest BCUT2D eigenvalue weighted by atomic mass is 10.1. The summed E-state index contributed by atoms with van der Waals surface area (Å²) >= 11 is 0. The predicted molar refractivity (Wildman–Crippen MR) is 97.0 cm³/mol. The Balaban J connectivity index is 2.11. The minimum Gasteiger partial charge on any atom is -0.491 e. The molecule has 0 radical (unpaired) electrons. The maximum atomic E-state index is 5.83. The van der Waals surface area contributed by atoms with Crippen molar-refractivity contribution in [2.24, 2.45) is 0 Å². The molecule has 0 aliphatic carbocycles. The summed E-state index contributed by atoms with van der Waals surface area (Å²) in [5, 5.41) is 6.96. The van der Waals surface area contributed by atoms with Crippen LogP contribution in [0, 0.1) is 0 Å². The zero-order chi connectivity index (χ0) is 15.9. The topological polar surface area (TPSA) is 33.3 Å². The lowest BCUT2D eigenvalue weighted by Crippen LogP contribution is -2.23. The van der Waals surface area contributed by atoms with E-state index in [1.165, 1.54) is 32.1 Å². The minimum absolute atomic E-state index is 0.797. The van der Waals surface area contributed by atoms with E-state index in [0.29, 0.717) is 0 Å². The molecule has 0 aliphatic rings. The third kappa shape index (κ3) is 8.93. The van der Waals surface area contributed by atoms with Gasteiger partial charge in [0, 0.05) is 13.1 Å². The smallest absolute Gasteiger partial charge is 0.142 e. The molecule has 0 aromatic heterocycles. The molecule has 0 spiro atoms.